The third kappa shape index (κ3) is 1.74. The van der Waals surface area contributed by atoms with E-state index in [2.05, 4.69) is 24.2 Å². The second-order valence-electron chi connectivity index (χ2n) is 4.45. The molecule has 0 aromatic heterocycles. The Morgan fingerprint density at radius 1 is 1.45 bits per heavy atom. The molecule has 11 heavy (non-hydrogen) atoms. The van der Waals surface area contributed by atoms with E-state index in [9.17, 15) is 0 Å². The van der Waals surface area contributed by atoms with Crippen molar-refractivity contribution in [1.82, 2.24) is 10.2 Å². The number of likely N-dealkylation sites (N-methyl/N-ethyl adjacent to an activating group) is 1. The lowest BCUT2D eigenvalue weighted by molar-refractivity contribution is 0.380. The molecule has 0 bridgehead atoms. The Morgan fingerprint density at radius 2 is 2.18 bits per heavy atom. The van der Waals surface area contributed by atoms with Crippen molar-refractivity contribution in [2.45, 2.75) is 37.8 Å². The van der Waals surface area contributed by atoms with E-state index in [1.165, 1.54) is 32.4 Å². The Kier molecular flexibility index (Phi) is 1.69. The van der Waals surface area contributed by atoms with Crippen LogP contribution in [0.3, 0.4) is 0 Å². The molecule has 1 N–H and O–H groups in total. The van der Waals surface area contributed by atoms with Gasteiger partial charge in [-0.25, -0.2) is 0 Å². The Hall–Kier alpha value is -0.0800. The summed E-state index contributed by atoms with van der Waals surface area (Å²) in [5.41, 5.74) is 0.524. The third-order valence-corrected chi connectivity index (χ3v) is 2.94. The smallest absolute Gasteiger partial charge is 0.0212 e. The van der Waals surface area contributed by atoms with Crippen molar-refractivity contribution in [3.8, 4) is 0 Å². The number of hydrogen-bond donors (Lipinski definition) is 1. The van der Waals surface area contributed by atoms with Gasteiger partial charge in [-0.3, -0.25) is 0 Å². The molecule has 0 amide bonds. The first kappa shape index (κ1) is 7.56. The van der Waals surface area contributed by atoms with Crippen LogP contribution >= 0.6 is 0 Å². The molecule has 0 aromatic carbocycles. The van der Waals surface area contributed by atoms with E-state index in [-0.39, 0.29) is 0 Å². The van der Waals surface area contributed by atoms with E-state index in [1.54, 1.807) is 0 Å². The second kappa shape index (κ2) is 2.46. The van der Waals surface area contributed by atoms with Crippen LogP contribution < -0.4 is 5.32 Å². The van der Waals surface area contributed by atoms with Crippen molar-refractivity contribution in [1.29, 1.82) is 0 Å². The van der Waals surface area contributed by atoms with Gasteiger partial charge in [-0.15, -0.1) is 0 Å². The average Bonchev–Trinajstić information content (AvgIpc) is 2.49. The Bertz CT molecular complexity index is 152. The minimum atomic E-state index is 0.524. The van der Waals surface area contributed by atoms with Gasteiger partial charge in [0, 0.05) is 18.1 Å². The highest BCUT2D eigenvalue weighted by molar-refractivity contribution is 5.00. The number of likely N-dealkylation sites (tertiary alicyclic amines) is 1. The van der Waals surface area contributed by atoms with Gasteiger partial charge in [-0.1, -0.05) is 0 Å². The van der Waals surface area contributed by atoms with Crippen LogP contribution in [0, 0.1) is 0 Å². The first-order chi connectivity index (χ1) is 5.18. The summed E-state index contributed by atoms with van der Waals surface area (Å²) in [4.78, 5) is 2.41. The molecule has 0 spiro atoms. The molecule has 1 heterocycles. The van der Waals surface area contributed by atoms with Gasteiger partial charge < -0.3 is 10.2 Å². The third-order valence-electron chi connectivity index (χ3n) is 2.94. The molecule has 1 aliphatic heterocycles. The minimum absolute atomic E-state index is 0.524. The zero-order valence-corrected chi connectivity index (χ0v) is 7.56. The van der Waals surface area contributed by atoms with Gasteiger partial charge in [0.2, 0.25) is 0 Å². The topological polar surface area (TPSA) is 15.3 Å². The van der Waals surface area contributed by atoms with Crippen LogP contribution in [0.4, 0.5) is 0 Å². The van der Waals surface area contributed by atoms with Crippen LogP contribution in [-0.2, 0) is 0 Å². The summed E-state index contributed by atoms with van der Waals surface area (Å²) in [7, 11) is 2.21. The molecule has 0 radical (unpaired) electrons. The van der Waals surface area contributed by atoms with Crippen LogP contribution in [0.25, 0.3) is 0 Å². The fraction of sp³-hybridized carbons (Fsp3) is 1.00. The first-order valence-electron chi connectivity index (χ1n) is 4.64. The molecule has 0 aromatic rings. The largest absolute Gasteiger partial charge is 0.307 e. The lowest BCUT2D eigenvalue weighted by atomic mass is 10.2. The fourth-order valence-corrected chi connectivity index (χ4v) is 1.88. The normalized spacial score (nSPS) is 36.0. The van der Waals surface area contributed by atoms with E-state index < -0.39 is 0 Å². The number of nitrogens with zero attached hydrogens (tertiary/aromatic N) is 1. The monoisotopic (exact) mass is 154 g/mol. The van der Waals surface area contributed by atoms with Crippen LogP contribution in [0.2, 0.25) is 0 Å². The van der Waals surface area contributed by atoms with Gasteiger partial charge in [0.1, 0.15) is 0 Å². The van der Waals surface area contributed by atoms with Gasteiger partial charge in [0.15, 0.2) is 0 Å². The molecule has 2 aliphatic rings. The maximum Gasteiger partial charge on any atom is 0.0212 e. The standard InChI is InChI=1S/C9H18N2/c1-9(4-5-9)10-8-3-6-11(2)7-8/h8,10H,3-7H2,1-2H3/t8-/m1/s1. The van der Waals surface area contributed by atoms with E-state index in [0.717, 1.165) is 6.04 Å². The molecular weight excluding hydrogens is 136 g/mol. The zero-order chi connectivity index (χ0) is 7.90. The summed E-state index contributed by atoms with van der Waals surface area (Å²) in [6.07, 6.45) is 4.10. The summed E-state index contributed by atoms with van der Waals surface area (Å²) in [6, 6.07) is 0.771. The molecule has 2 heteroatoms. The van der Waals surface area contributed by atoms with Crippen LogP contribution in [0.5, 0.6) is 0 Å². The molecule has 2 fully saturated rings. The molecule has 1 saturated heterocycles. The van der Waals surface area contributed by atoms with Crippen molar-refractivity contribution in [2.75, 3.05) is 20.1 Å². The van der Waals surface area contributed by atoms with Gasteiger partial charge in [0.25, 0.3) is 0 Å². The minimum Gasteiger partial charge on any atom is -0.307 e. The summed E-state index contributed by atoms with van der Waals surface area (Å²) < 4.78 is 0. The van der Waals surface area contributed by atoms with Crippen molar-refractivity contribution in [3.05, 3.63) is 0 Å². The first-order valence-corrected chi connectivity index (χ1v) is 4.64. The maximum absolute atomic E-state index is 3.72. The summed E-state index contributed by atoms with van der Waals surface area (Å²) >= 11 is 0. The predicted molar refractivity (Wildman–Crippen MR) is 46.7 cm³/mol. The SMILES string of the molecule is CN1CC[C@@H](NC2(C)CC2)C1. The van der Waals surface area contributed by atoms with Crippen molar-refractivity contribution in [3.63, 3.8) is 0 Å². The zero-order valence-electron chi connectivity index (χ0n) is 7.56. The molecule has 2 nitrogen and oxygen atoms in total. The molecule has 1 aliphatic carbocycles. The van der Waals surface area contributed by atoms with Gasteiger partial charge >= 0.3 is 0 Å². The van der Waals surface area contributed by atoms with E-state index in [4.69, 9.17) is 0 Å². The second-order valence-corrected chi connectivity index (χ2v) is 4.45. The summed E-state index contributed by atoms with van der Waals surface area (Å²) in [6.45, 7) is 4.86. The van der Waals surface area contributed by atoms with Crippen LogP contribution in [0.1, 0.15) is 26.2 Å². The molecule has 64 valence electrons. The van der Waals surface area contributed by atoms with Gasteiger partial charge in [-0.05, 0) is 39.8 Å². The number of nitrogens with one attached hydrogen (secondary N) is 1. The highest BCUT2D eigenvalue weighted by atomic mass is 15.2. The highest BCUT2D eigenvalue weighted by Gasteiger charge is 2.39. The molecule has 1 atom stereocenters. The van der Waals surface area contributed by atoms with Crippen molar-refractivity contribution < 1.29 is 0 Å². The average molecular weight is 154 g/mol. The van der Waals surface area contributed by atoms with Crippen LogP contribution in [0.15, 0.2) is 0 Å². The van der Waals surface area contributed by atoms with E-state index in [1.807, 2.05) is 0 Å². The quantitative estimate of drug-likeness (QED) is 0.634. The van der Waals surface area contributed by atoms with Crippen LogP contribution in [-0.4, -0.2) is 36.6 Å². The summed E-state index contributed by atoms with van der Waals surface area (Å²) in [5, 5.41) is 3.72. The molecular formula is C9H18N2. The predicted octanol–water partition coefficient (Wildman–Crippen LogP) is 0.833. The lowest BCUT2D eigenvalue weighted by Gasteiger charge is -2.17. The Balaban J connectivity index is 1.79. The summed E-state index contributed by atoms with van der Waals surface area (Å²) in [5.74, 6) is 0. The lowest BCUT2D eigenvalue weighted by Crippen LogP contribution is -2.39. The maximum atomic E-state index is 3.72. The van der Waals surface area contributed by atoms with Crippen molar-refractivity contribution >= 4 is 0 Å². The number of rotatable bonds is 2. The van der Waals surface area contributed by atoms with E-state index >= 15 is 0 Å². The molecule has 0 unspecified atom stereocenters. The highest BCUT2D eigenvalue weighted by Crippen LogP contribution is 2.35. The van der Waals surface area contributed by atoms with Crippen molar-refractivity contribution in [2.24, 2.45) is 0 Å². The van der Waals surface area contributed by atoms with E-state index in [0.29, 0.717) is 5.54 Å². The van der Waals surface area contributed by atoms with Gasteiger partial charge in [0.05, 0.1) is 0 Å². The Morgan fingerprint density at radius 3 is 2.64 bits per heavy atom. The Labute approximate surface area is 69.0 Å². The molecule has 1 saturated carbocycles. The van der Waals surface area contributed by atoms with Gasteiger partial charge in [-0.2, -0.15) is 0 Å². The molecule has 2 rings (SSSR count). The fourth-order valence-electron chi connectivity index (χ4n) is 1.88. The number of hydrogen-bond acceptors (Lipinski definition) is 2.